The number of nitrogens with zero attached hydrogens (tertiary/aromatic N) is 3. The average molecular weight is 339 g/mol. The van der Waals surface area contributed by atoms with E-state index in [4.69, 9.17) is 0 Å². The molecule has 0 unspecified atom stereocenters. The van der Waals surface area contributed by atoms with Crippen LogP contribution in [0.5, 0.6) is 0 Å². The fourth-order valence-electron chi connectivity index (χ4n) is 2.60. The number of thiazole rings is 1. The topological polar surface area (TPSA) is 64.8 Å². The Balaban J connectivity index is 1.87. The smallest absolute Gasteiger partial charge is 0.228 e. The minimum Gasteiger partial charge on any atom is -0.316 e. The van der Waals surface area contributed by atoms with E-state index >= 15 is 0 Å². The Hall–Kier alpha value is -1.21. The minimum absolute atomic E-state index is 0.0945. The molecule has 1 saturated carbocycles. The Labute approximate surface area is 135 Å². The van der Waals surface area contributed by atoms with E-state index in [0.717, 1.165) is 29.1 Å². The lowest BCUT2D eigenvalue weighted by Crippen LogP contribution is -2.16. The zero-order chi connectivity index (χ0) is 15.9. The van der Waals surface area contributed by atoms with Gasteiger partial charge >= 0.3 is 0 Å². The quantitative estimate of drug-likeness (QED) is 0.811. The summed E-state index contributed by atoms with van der Waals surface area (Å²) in [6.07, 6.45) is 4.33. The highest BCUT2D eigenvalue weighted by atomic mass is 32.2. The van der Waals surface area contributed by atoms with Crippen molar-refractivity contribution in [1.29, 1.82) is 0 Å². The highest BCUT2D eigenvalue weighted by Gasteiger charge is 2.33. The first-order valence-corrected chi connectivity index (χ1v) is 10.1. The highest BCUT2D eigenvalue weighted by molar-refractivity contribution is 7.91. The number of aryl methyl sites for hydroxylation is 2. The van der Waals surface area contributed by atoms with Crippen molar-refractivity contribution in [3.05, 3.63) is 28.0 Å². The molecule has 22 heavy (non-hydrogen) atoms. The van der Waals surface area contributed by atoms with Crippen molar-refractivity contribution in [3.8, 4) is 0 Å². The van der Waals surface area contributed by atoms with Crippen molar-refractivity contribution >= 4 is 21.2 Å². The van der Waals surface area contributed by atoms with Crippen LogP contribution in [0.4, 0.5) is 0 Å². The molecule has 2 heterocycles. The minimum atomic E-state index is -3.37. The second-order valence-electron chi connectivity index (χ2n) is 6.15. The largest absolute Gasteiger partial charge is 0.316 e. The first-order valence-electron chi connectivity index (χ1n) is 7.59. The van der Waals surface area contributed by atoms with Gasteiger partial charge in [0.2, 0.25) is 15.0 Å². The third-order valence-corrected chi connectivity index (χ3v) is 6.61. The number of aromatic nitrogens is 3. The molecule has 5 nitrogen and oxygen atoms in total. The van der Waals surface area contributed by atoms with E-state index in [0.29, 0.717) is 12.5 Å². The summed E-state index contributed by atoms with van der Waals surface area (Å²) < 4.78 is 27.4. The monoisotopic (exact) mass is 339 g/mol. The average Bonchev–Trinajstić information content (AvgIpc) is 3.04. The number of hydrogen-bond acceptors (Lipinski definition) is 5. The van der Waals surface area contributed by atoms with Gasteiger partial charge in [-0.3, -0.25) is 0 Å². The molecule has 0 bridgehead atoms. The molecular weight excluding hydrogens is 318 g/mol. The lowest BCUT2D eigenvalue weighted by atomic mass is 10.1. The molecule has 0 aliphatic heterocycles. The normalized spacial score (nSPS) is 15.6. The summed E-state index contributed by atoms with van der Waals surface area (Å²) in [5, 5.41) is 0.251. The Kier molecular flexibility index (Phi) is 4.11. The SMILES string of the molecule is Cc1ncsc1CCS(=O)(=O)c1ncc(C(C)C)n1C1CC1. The van der Waals surface area contributed by atoms with E-state index in [9.17, 15) is 8.42 Å². The van der Waals surface area contributed by atoms with Crippen LogP contribution in [0, 0.1) is 6.92 Å². The summed E-state index contributed by atoms with van der Waals surface area (Å²) in [5.74, 6) is 0.373. The second kappa shape index (κ2) is 5.77. The van der Waals surface area contributed by atoms with Gasteiger partial charge in [0.25, 0.3) is 0 Å². The predicted molar refractivity (Wildman–Crippen MR) is 87.2 cm³/mol. The van der Waals surface area contributed by atoms with Crippen molar-refractivity contribution in [2.24, 2.45) is 0 Å². The first-order chi connectivity index (χ1) is 10.4. The van der Waals surface area contributed by atoms with Crippen molar-refractivity contribution in [3.63, 3.8) is 0 Å². The molecule has 2 aromatic rings. The molecule has 0 saturated heterocycles. The van der Waals surface area contributed by atoms with Gasteiger partial charge < -0.3 is 4.57 Å². The van der Waals surface area contributed by atoms with Crippen molar-refractivity contribution < 1.29 is 8.42 Å². The van der Waals surface area contributed by atoms with E-state index < -0.39 is 9.84 Å². The Bertz CT molecular complexity index is 771. The summed E-state index contributed by atoms with van der Waals surface area (Å²) in [6, 6.07) is 0.315. The molecule has 0 N–H and O–H groups in total. The van der Waals surface area contributed by atoms with Crippen LogP contribution in [0.25, 0.3) is 0 Å². The Morgan fingerprint density at radius 3 is 2.64 bits per heavy atom. The third kappa shape index (κ3) is 2.96. The van der Waals surface area contributed by atoms with E-state index in [2.05, 4.69) is 23.8 Å². The molecule has 120 valence electrons. The van der Waals surface area contributed by atoms with Crippen LogP contribution in [-0.2, 0) is 16.3 Å². The maximum absolute atomic E-state index is 12.7. The second-order valence-corrected chi connectivity index (χ2v) is 9.09. The van der Waals surface area contributed by atoms with Gasteiger partial charge in [0.1, 0.15) is 0 Å². The van der Waals surface area contributed by atoms with Crippen LogP contribution in [0.15, 0.2) is 16.9 Å². The number of hydrogen-bond donors (Lipinski definition) is 0. The van der Waals surface area contributed by atoms with Gasteiger partial charge in [-0.05, 0) is 32.1 Å². The molecule has 7 heteroatoms. The summed E-state index contributed by atoms with van der Waals surface area (Å²) >= 11 is 1.52. The molecule has 1 fully saturated rings. The van der Waals surface area contributed by atoms with E-state index in [1.54, 1.807) is 11.7 Å². The van der Waals surface area contributed by atoms with Crippen molar-refractivity contribution in [1.82, 2.24) is 14.5 Å². The lowest BCUT2D eigenvalue weighted by Gasteiger charge is -2.13. The fraction of sp³-hybridized carbons (Fsp3) is 0.600. The van der Waals surface area contributed by atoms with Crippen LogP contribution in [0.1, 0.15) is 54.9 Å². The Morgan fingerprint density at radius 2 is 2.09 bits per heavy atom. The molecule has 1 aliphatic rings. The fourth-order valence-corrected chi connectivity index (χ4v) is 4.93. The van der Waals surface area contributed by atoms with Gasteiger partial charge in [0, 0.05) is 22.8 Å². The van der Waals surface area contributed by atoms with Gasteiger partial charge in [0.15, 0.2) is 0 Å². The maximum Gasteiger partial charge on any atom is 0.228 e. The van der Waals surface area contributed by atoms with Gasteiger partial charge in [-0.2, -0.15) is 0 Å². The van der Waals surface area contributed by atoms with Gasteiger partial charge in [-0.15, -0.1) is 11.3 Å². The van der Waals surface area contributed by atoms with Crippen LogP contribution in [0.3, 0.4) is 0 Å². The Morgan fingerprint density at radius 1 is 1.36 bits per heavy atom. The maximum atomic E-state index is 12.7. The molecule has 2 aromatic heterocycles. The third-order valence-electron chi connectivity index (χ3n) is 4.02. The zero-order valence-electron chi connectivity index (χ0n) is 13.1. The molecule has 0 spiro atoms. The molecule has 0 atom stereocenters. The number of rotatable bonds is 6. The van der Waals surface area contributed by atoms with E-state index in [1.807, 2.05) is 11.5 Å². The van der Waals surface area contributed by atoms with Crippen molar-refractivity contribution in [2.45, 2.75) is 57.1 Å². The molecule has 0 radical (unpaired) electrons. The molecule has 1 aliphatic carbocycles. The van der Waals surface area contributed by atoms with Crippen LogP contribution >= 0.6 is 11.3 Å². The standard InChI is InChI=1S/C15H21N3O2S2/c1-10(2)13-8-16-15(18(13)12-4-5-12)22(19,20)7-6-14-11(3)17-9-21-14/h8-10,12H,4-7H2,1-3H3. The summed E-state index contributed by atoms with van der Waals surface area (Å²) in [7, 11) is -3.37. The molecule has 3 rings (SSSR count). The summed E-state index contributed by atoms with van der Waals surface area (Å²) in [5.41, 5.74) is 3.71. The van der Waals surface area contributed by atoms with Gasteiger partial charge in [-0.1, -0.05) is 13.8 Å². The van der Waals surface area contributed by atoms with Gasteiger partial charge in [0.05, 0.1) is 17.0 Å². The van der Waals surface area contributed by atoms with E-state index in [-0.39, 0.29) is 16.8 Å². The van der Waals surface area contributed by atoms with E-state index in [1.165, 1.54) is 11.3 Å². The predicted octanol–water partition coefficient (Wildman–Crippen LogP) is 3.12. The first kappa shape index (κ1) is 15.7. The number of imidazole rings is 1. The summed E-state index contributed by atoms with van der Waals surface area (Å²) in [4.78, 5) is 9.47. The zero-order valence-corrected chi connectivity index (χ0v) is 14.7. The summed E-state index contributed by atoms with van der Waals surface area (Å²) in [6.45, 7) is 6.07. The highest BCUT2D eigenvalue weighted by Crippen LogP contribution is 2.39. The molecular formula is C15H21N3O2S2. The lowest BCUT2D eigenvalue weighted by molar-refractivity contribution is 0.551. The van der Waals surface area contributed by atoms with Crippen LogP contribution in [-0.4, -0.2) is 28.7 Å². The van der Waals surface area contributed by atoms with Crippen LogP contribution < -0.4 is 0 Å². The van der Waals surface area contributed by atoms with Gasteiger partial charge in [-0.25, -0.2) is 18.4 Å². The van der Waals surface area contributed by atoms with Crippen molar-refractivity contribution in [2.75, 3.05) is 5.75 Å². The molecule has 0 aromatic carbocycles. The van der Waals surface area contributed by atoms with Crippen LogP contribution in [0.2, 0.25) is 0 Å². The molecule has 0 amide bonds. The number of sulfone groups is 1.